The summed E-state index contributed by atoms with van der Waals surface area (Å²) in [4.78, 5) is 8.52. The molecule has 0 amide bonds. The van der Waals surface area contributed by atoms with E-state index in [9.17, 15) is 0 Å². The number of ether oxygens (including phenoxy) is 2. The van der Waals surface area contributed by atoms with Crippen molar-refractivity contribution in [2.45, 2.75) is 6.42 Å². The third kappa shape index (κ3) is 2.76. The zero-order valence-corrected chi connectivity index (χ0v) is 13.5. The van der Waals surface area contributed by atoms with Crippen molar-refractivity contribution in [2.24, 2.45) is 0 Å². The molecule has 0 saturated carbocycles. The summed E-state index contributed by atoms with van der Waals surface area (Å²) in [6.45, 7) is 0.472. The summed E-state index contributed by atoms with van der Waals surface area (Å²) < 4.78 is 18.4. The molecule has 0 saturated heterocycles. The number of nitrogens with zero attached hydrogens (tertiary/aromatic N) is 4. The Balaban J connectivity index is 1.77. The Morgan fingerprint density at radius 3 is 3.00 bits per heavy atom. The zero-order valence-electron chi connectivity index (χ0n) is 13.5. The van der Waals surface area contributed by atoms with Crippen molar-refractivity contribution in [1.82, 2.24) is 19.6 Å². The van der Waals surface area contributed by atoms with Crippen LogP contribution in [-0.4, -0.2) is 45.0 Å². The Kier molecular flexibility index (Phi) is 3.95. The third-order valence-corrected chi connectivity index (χ3v) is 3.74. The minimum absolute atomic E-state index is 0.0768. The van der Waals surface area contributed by atoms with Crippen molar-refractivity contribution in [3.05, 3.63) is 36.7 Å². The third-order valence-electron chi connectivity index (χ3n) is 3.74. The molecule has 0 atom stereocenters. The molecule has 0 radical (unpaired) electrons. The minimum Gasteiger partial charge on any atom is -0.480 e. The number of aromatic nitrogens is 4. The highest BCUT2D eigenvalue weighted by Crippen LogP contribution is 2.32. The summed E-state index contributed by atoms with van der Waals surface area (Å²) >= 11 is 0. The molecule has 0 aliphatic heterocycles. The van der Waals surface area contributed by atoms with E-state index in [-0.39, 0.29) is 6.61 Å². The lowest BCUT2D eigenvalue weighted by atomic mass is 10.3. The van der Waals surface area contributed by atoms with Gasteiger partial charge in [0.1, 0.15) is 11.3 Å². The van der Waals surface area contributed by atoms with E-state index in [1.807, 2.05) is 12.1 Å². The maximum atomic E-state index is 8.84. The van der Waals surface area contributed by atoms with E-state index in [1.165, 1.54) is 0 Å². The number of pyridine rings is 1. The second-order valence-electron chi connectivity index (χ2n) is 5.35. The molecule has 4 heterocycles. The van der Waals surface area contributed by atoms with Crippen molar-refractivity contribution < 1.29 is 19.0 Å². The van der Waals surface area contributed by atoms with Crippen LogP contribution in [0.15, 0.2) is 41.1 Å². The molecule has 1 N–H and O–H groups in total. The summed E-state index contributed by atoms with van der Waals surface area (Å²) in [5, 5.41) is 14.1. The lowest BCUT2D eigenvalue weighted by molar-refractivity contribution is 0.227. The fraction of sp³-hybridized carbons (Fsp3) is 0.235. The van der Waals surface area contributed by atoms with Gasteiger partial charge in [-0.3, -0.25) is 0 Å². The van der Waals surface area contributed by atoms with Crippen molar-refractivity contribution in [3.8, 4) is 23.2 Å². The van der Waals surface area contributed by atoms with E-state index in [0.717, 1.165) is 5.39 Å². The second-order valence-corrected chi connectivity index (χ2v) is 5.35. The summed E-state index contributed by atoms with van der Waals surface area (Å²) in [6.07, 6.45) is 3.87. The van der Waals surface area contributed by atoms with Crippen LogP contribution in [0, 0.1) is 0 Å². The smallest absolute Gasteiger partial charge is 0.231 e. The Labute approximate surface area is 142 Å². The molecule has 4 rings (SSSR count). The Hall–Kier alpha value is -3.13. The second kappa shape index (κ2) is 6.40. The molecule has 0 spiro atoms. The van der Waals surface area contributed by atoms with Gasteiger partial charge in [-0.1, -0.05) is 0 Å². The van der Waals surface area contributed by atoms with Gasteiger partial charge in [0.05, 0.1) is 25.3 Å². The molecule has 4 aromatic heterocycles. The highest BCUT2D eigenvalue weighted by atomic mass is 16.5. The van der Waals surface area contributed by atoms with E-state index in [1.54, 1.807) is 36.2 Å². The van der Waals surface area contributed by atoms with Crippen molar-refractivity contribution in [3.63, 3.8) is 0 Å². The van der Waals surface area contributed by atoms with Crippen LogP contribution in [0.1, 0.15) is 6.42 Å². The van der Waals surface area contributed by atoms with E-state index >= 15 is 0 Å². The molecular formula is C17H16N4O4. The quantitative estimate of drug-likeness (QED) is 0.538. The molecule has 4 aromatic rings. The molecule has 0 aromatic carbocycles. The van der Waals surface area contributed by atoms with Gasteiger partial charge < -0.3 is 19.0 Å². The SMILES string of the molecule is COc1nccc2oc(-c3cnc4ccc(OCCCO)nn34)cc12. The van der Waals surface area contributed by atoms with Gasteiger partial charge in [-0.05, 0) is 12.1 Å². The topological polar surface area (TPSA) is 94.9 Å². The normalized spacial score (nSPS) is 11.3. The summed E-state index contributed by atoms with van der Waals surface area (Å²) in [5.74, 6) is 1.56. The number of imidazole rings is 1. The first-order valence-electron chi connectivity index (χ1n) is 7.81. The monoisotopic (exact) mass is 340 g/mol. The van der Waals surface area contributed by atoms with Gasteiger partial charge in [0.2, 0.25) is 11.8 Å². The number of aliphatic hydroxyl groups excluding tert-OH is 1. The summed E-state index contributed by atoms with van der Waals surface area (Å²) in [5.41, 5.74) is 2.04. The molecule has 8 nitrogen and oxygen atoms in total. The number of aliphatic hydroxyl groups is 1. The largest absolute Gasteiger partial charge is 0.480 e. The van der Waals surface area contributed by atoms with Crippen LogP contribution in [0.3, 0.4) is 0 Å². The van der Waals surface area contributed by atoms with Crippen LogP contribution < -0.4 is 9.47 Å². The molecule has 0 aliphatic carbocycles. The Morgan fingerprint density at radius 1 is 1.24 bits per heavy atom. The Bertz CT molecular complexity index is 1020. The lowest BCUT2D eigenvalue weighted by Crippen LogP contribution is -2.03. The van der Waals surface area contributed by atoms with E-state index in [4.69, 9.17) is 19.0 Å². The number of rotatable bonds is 6. The first kappa shape index (κ1) is 15.4. The first-order valence-corrected chi connectivity index (χ1v) is 7.81. The van der Waals surface area contributed by atoms with Gasteiger partial charge in [-0.15, -0.1) is 5.10 Å². The fourth-order valence-corrected chi connectivity index (χ4v) is 2.57. The molecule has 0 aliphatic rings. The van der Waals surface area contributed by atoms with E-state index in [2.05, 4.69) is 15.1 Å². The van der Waals surface area contributed by atoms with E-state index < -0.39 is 0 Å². The standard InChI is InChI=1S/C17H16N4O4/c1-23-17-11-9-14(25-13(11)5-6-18-17)12-10-19-15-3-4-16(20-21(12)15)24-8-2-7-22/h3-6,9-10,22H,2,7-8H2,1H3. The van der Waals surface area contributed by atoms with Crippen LogP contribution >= 0.6 is 0 Å². The van der Waals surface area contributed by atoms with Crippen LogP contribution in [-0.2, 0) is 0 Å². The van der Waals surface area contributed by atoms with Crippen LogP contribution in [0.25, 0.3) is 28.1 Å². The fourth-order valence-electron chi connectivity index (χ4n) is 2.57. The summed E-state index contributed by atoms with van der Waals surface area (Å²) in [6, 6.07) is 7.19. The highest BCUT2D eigenvalue weighted by Gasteiger charge is 2.15. The number of hydrogen-bond donors (Lipinski definition) is 1. The number of furan rings is 1. The van der Waals surface area contributed by atoms with Gasteiger partial charge in [0, 0.05) is 31.4 Å². The molecule has 0 fully saturated rings. The number of methoxy groups -OCH3 is 1. The maximum absolute atomic E-state index is 8.84. The van der Waals surface area contributed by atoms with Crippen LogP contribution in [0.4, 0.5) is 0 Å². The van der Waals surface area contributed by atoms with Crippen molar-refractivity contribution in [1.29, 1.82) is 0 Å². The predicted molar refractivity (Wildman–Crippen MR) is 89.7 cm³/mol. The maximum Gasteiger partial charge on any atom is 0.231 e. The van der Waals surface area contributed by atoms with Crippen LogP contribution in [0.2, 0.25) is 0 Å². The van der Waals surface area contributed by atoms with Crippen molar-refractivity contribution in [2.75, 3.05) is 20.3 Å². The predicted octanol–water partition coefficient (Wildman–Crippen LogP) is 2.31. The number of hydrogen-bond acceptors (Lipinski definition) is 7. The van der Waals surface area contributed by atoms with Gasteiger partial charge in [-0.25, -0.2) is 14.5 Å². The van der Waals surface area contributed by atoms with Crippen LogP contribution in [0.5, 0.6) is 11.8 Å². The average Bonchev–Trinajstić information content (AvgIpc) is 3.24. The molecule has 0 bridgehead atoms. The van der Waals surface area contributed by atoms with Crippen molar-refractivity contribution >= 4 is 16.6 Å². The molecule has 25 heavy (non-hydrogen) atoms. The Morgan fingerprint density at radius 2 is 2.16 bits per heavy atom. The van der Waals surface area contributed by atoms with Gasteiger partial charge >= 0.3 is 0 Å². The lowest BCUT2D eigenvalue weighted by Gasteiger charge is -2.04. The highest BCUT2D eigenvalue weighted by molar-refractivity contribution is 5.86. The zero-order chi connectivity index (χ0) is 17.2. The van der Waals surface area contributed by atoms with Gasteiger partial charge in [0.15, 0.2) is 11.4 Å². The first-order chi connectivity index (χ1) is 12.3. The van der Waals surface area contributed by atoms with E-state index in [0.29, 0.717) is 47.5 Å². The van der Waals surface area contributed by atoms with Gasteiger partial charge in [-0.2, -0.15) is 0 Å². The van der Waals surface area contributed by atoms with Gasteiger partial charge in [0.25, 0.3) is 0 Å². The summed E-state index contributed by atoms with van der Waals surface area (Å²) in [7, 11) is 1.57. The average molecular weight is 340 g/mol. The minimum atomic E-state index is 0.0768. The number of fused-ring (bicyclic) bond motifs is 2. The molecular weight excluding hydrogens is 324 g/mol. The molecule has 128 valence electrons. The molecule has 0 unspecified atom stereocenters. The molecule has 8 heteroatoms.